The highest BCUT2D eigenvalue weighted by molar-refractivity contribution is 7.15. The van der Waals surface area contributed by atoms with E-state index in [0.717, 1.165) is 29.4 Å². The van der Waals surface area contributed by atoms with Crippen LogP contribution in [0, 0.1) is 0 Å². The Kier molecular flexibility index (Phi) is 4.83. The molecule has 22 heavy (non-hydrogen) atoms. The molecule has 2 aromatic carbocycles. The highest BCUT2D eigenvalue weighted by Gasteiger charge is 2.05. The first-order valence-corrected chi connectivity index (χ1v) is 8.01. The van der Waals surface area contributed by atoms with Crippen molar-refractivity contribution < 1.29 is 4.74 Å². The minimum Gasteiger partial charge on any atom is -0.496 e. The van der Waals surface area contributed by atoms with E-state index in [9.17, 15) is 0 Å². The van der Waals surface area contributed by atoms with Crippen LogP contribution < -0.4 is 10.1 Å². The summed E-state index contributed by atoms with van der Waals surface area (Å²) in [4.78, 5) is 5.69. The average molecular weight is 310 g/mol. The molecule has 0 spiro atoms. The molecule has 0 bridgehead atoms. The number of rotatable bonds is 6. The van der Waals surface area contributed by atoms with Crippen molar-refractivity contribution in [2.24, 2.45) is 0 Å². The molecule has 1 aromatic heterocycles. The van der Waals surface area contributed by atoms with Gasteiger partial charge in [0.05, 0.1) is 12.0 Å². The Morgan fingerprint density at radius 3 is 2.59 bits per heavy atom. The molecule has 0 atom stereocenters. The first-order valence-electron chi connectivity index (χ1n) is 7.19. The van der Waals surface area contributed by atoms with E-state index < -0.39 is 0 Å². The second kappa shape index (κ2) is 7.20. The molecule has 0 radical (unpaired) electrons. The third-order valence-corrected chi connectivity index (χ3v) is 4.44. The largest absolute Gasteiger partial charge is 0.496 e. The van der Waals surface area contributed by atoms with Crippen molar-refractivity contribution in [3.8, 4) is 16.2 Å². The number of hydrogen-bond acceptors (Lipinski definition) is 4. The molecule has 3 rings (SSSR count). The fourth-order valence-electron chi connectivity index (χ4n) is 2.28. The third-order valence-electron chi connectivity index (χ3n) is 3.40. The van der Waals surface area contributed by atoms with Gasteiger partial charge in [0.2, 0.25) is 0 Å². The van der Waals surface area contributed by atoms with Crippen LogP contribution in [-0.4, -0.2) is 12.1 Å². The summed E-state index contributed by atoms with van der Waals surface area (Å²) in [6.45, 7) is 1.53. The number of thiazole rings is 1. The van der Waals surface area contributed by atoms with Gasteiger partial charge in [-0.25, -0.2) is 4.98 Å². The molecule has 3 aromatic rings. The molecule has 4 heteroatoms. The minimum absolute atomic E-state index is 0.759. The SMILES string of the molecule is COc1ccccc1CNCc1ncc(-c2ccccc2)s1. The van der Waals surface area contributed by atoms with Crippen LogP contribution in [0.2, 0.25) is 0 Å². The topological polar surface area (TPSA) is 34.1 Å². The maximum atomic E-state index is 5.36. The maximum Gasteiger partial charge on any atom is 0.123 e. The number of benzene rings is 2. The molecule has 0 aliphatic carbocycles. The van der Waals surface area contributed by atoms with Gasteiger partial charge in [-0.15, -0.1) is 11.3 Å². The van der Waals surface area contributed by atoms with Crippen molar-refractivity contribution >= 4 is 11.3 Å². The lowest BCUT2D eigenvalue weighted by Crippen LogP contribution is -2.13. The van der Waals surface area contributed by atoms with E-state index in [1.807, 2.05) is 30.5 Å². The molecule has 1 N–H and O–H groups in total. The van der Waals surface area contributed by atoms with Crippen molar-refractivity contribution in [2.75, 3.05) is 7.11 Å². The maximum absolute atomic E-state index is 5.36. The van der Waals surface area contributed by atoms with Crippen LogP contribution in [0.15, 0.2) is 60.8 Å². The van der Waals surface area contributed by atoms with Crippen molar-refractivity contribution in [1.82, 2.24) is 10.3 Å². The van der Waals surface area contributed by atoms with E-state index in [-0.39, 0.29) is 0 Å². The lowest BCUT2D eigenvalue weighted by atomic mass is 10.2. The Bertz CT molecular complexity index is 725. The van der Waals surface area contributed by atoms with Gasteiger partial charge in [-0.05, 0) is 11.6 Å². The Morgan fingerprint density at radius 2 is 1.77 bits per heavy atom. The summed E-state index contributed by atoms with van der Waals surface area (Å²) in [5, 5.41) is 4.52. The molecule has 112 valence electrons. The zero-order chi connectivity index (χ0) is 15.2. The smallest absolute Gasteiger partial charge is 0.123 e. The first kappa shape index (κ1) is 14.8. The highest BCUT2D eigenvalue weighted by Crippen LogP contribution is 2.25. The normalized spacial score (nSPS) is 10.6. The van der Waals surface area contributed by atoms with Gasteiger partial charge in [-0.1, -0.05) is 48.5 Å². The fourth-order valence-corrected chi connectivity index (χ4v) is 3.17. The summed E-state index contributed by atoms with van der Waals surface area (Å²) < 4.78 is 5.36. The molecular weight excluding hydrogens is 292 g/mol. The zero-order valence-corrected chi connectivity index (χ0v) is 13.3. The lowest BCUT2D eigenvalue weighted by Gasteiger charge is -2.08. The second-order valence-corrected chi connectivity index (χ2v) is 6.01. The number of methoxy groups -OCH3 is 1. The van der Waals surface area contributed by atoms with Gasteiger partial charge in [-0.2, -0.15) is 0 Å². The van der Waals surface area contributed by atoms with Crippen LogP contribution >= 0.6 is 11.3 Å². The van der Waals surface area contributed by atoms with Gasteiger partial charge in [0.25, 0.3) is 0 Å². The van der Waals surface area contributed by atoms with Crippen LogP contribution in [0.5, 0.6) is 5.75 Å². The summed E-state index contributed by atoms with van der Waals surface area (Å²) in [5.41, 5.74) is 2.38. The van der Waals surface area contributed by atoms with Gasteiger partial charge in [-0.3, -0.25) is 0 Å². The first-order chi connectivity index (χ1) is 10.9. The molecule has 0 saturated carbocycles. The number of nitrogens with zero attached hydrogens (tertiary/aromatic N) is 1. The van der Waals surface area contributed by atoms with Crippen molar-refractivity contribution in [3.63, 3.8) is 0 Å². The average Bonchev–Trinajstić information content (AvgIpc) is 3.05. The van der Waals surface area contributed by atoms with Gasteiger partial charge >= 0.3 is 0 Å². The van der Waals surface area contributed by atoms with Crippen LogP contribution in [0.3, 0.4) is 0 Å². The van der Waals surface area contributed by atoms with Gasteiger partial charge in [0.15, 0.2) is 0 Å². The van der Waals surface area contributed by atoms with Gasteiger partial charge < -0.3 is 10.1 Å². The Labute approximate surface area is 134 Å². The predicted octanol–water partition coefficient (Wildman–Crippen LogP) is 4.11. The summed E-state index contributed by atoms with van der Waals surface area (Å²) in [6, 6.07) is 18.4. The number of hydrogen-bond donors (Lipinski definition) is 1. The Balaban J connectivity index is 1.60. The molecule has 0 fully saturated rings. The van der Waals surface area contributed by atoms with E-state index in [1.165, 1.54) is 10.4 Å². The predicted molar refractivity (Wildman–Crippen MR) is 91.1 cm³/mol. The van der Waals surface area contributed by atoms with Crippen LogP contribution in [-0.2, 0) is 13.1 Å². The number of nitrogens with one attached hydrogen (secondary N) is 1. The minimum atomic E-state index is 0.759. The second-order valence-electron chi connectivity index (χ2n) is 4.90. The number of aromatic nitrogens is 1. The van der Waals surface area contributed by atoms with E-state index in [1.54, 1.807) is 18.4 Å². The lowest BCUT2D eigenvalue weighted by molar-refractivity contribution is 0.407. The van der Waals surface area contributed by atoms with E-state index in [2.05, 4.69) is 40.6 Å². The van der Waals surface area contributed by atoms with Gasteiger partial charge in [0.1, 0.15) is 10.8 Å². The van der Waals surface area contributed by atoms with Gasteiger partial charge in [0, 0.05) is 24.8 Å². The molecule has 0 aliphatic heterocycles. The van der Waals surface area contributed by atoms with Crippen LogP contribution in [0.4, 0.5) is 0 Å². The van der Waals surface area contributed by atoms with Crippen LogP contribution in [0.1, 0.15) is 10.6 Å². The number of para-hydroxylation sites is 1. The zero-order valence-electron chi connectivity index (χ0n) is 12.5. The Morgan fingerprint density at radius 1 is 1.00 bits per heavy atom. The monoisotopic (exact) mass is 310 g/mol. The molecule has 3 nitrogen and oxygen atoms in total. The van der Waals surface area contributed by atoms with E-state index >= 15 is 0 Å². The highest BCUT2D eigenvalue weighted by atomic mass is 32.1. The summed E-state index contributed by atoms with van der Waals surface area (Å²) in [5.74, 6) is 0.916. The quantitative estimate of drug-likeness (QED) is 0.744. The molecule has 0 unspecified atom stereocenters. The molecule has 1 heterocycles. The van der Waals surface area contributed by atoms with Crippen molar-refractivity contribution in [3.05, 3.63) is 71.4 Å². The van der Waals surface area contributed by atoms with E-state index in [4.69, 9.17) is 4.74 Å². The van der Waals surface area contributed by atoms with Crippen molar-refractivity contribution in [2.45, 2.75) is 13.1 Å². The number of ether oxygens (including phenoxy) is 1. The summed E-state index contributed by atoms with van der Waals surface area (Å²) in [6.07, 6.45) is 1.94. The Hall–Kier alpha value is -2.17. The van der Waals surface area contributed by atoms with E-state index in [0.29, 0.717) is 0 Å². The molecule has 0 amide bonds. The molecule has 0 saturated heterocycles. The summed E-state index contributed by atoms with van der Waals surface area (Å²) in [7, 11) is 1.70. The van der Waals surface area contributed by atoms with Crippen molar-refractivity contribution in [1.29, 1.82) is 0 Å². The molecular formula is C18H18N2OS. The van der Waals surface area contributed by atoms with Crippen LogP contribution in [0.25, 0.3) is 10.4 Å². The third kappa shape index (κ3) is 3.53. The fraction of sp³-hybridized carbons (Fsp3) is 0.167. The summed E-state index contributed by atoms with van der Waals surface area (Å²) >= 11 is 1.73. The standard InChI is InChI=1S/C18H18N2OS/c1-21-16-10-6-5-9-15(16)11-19-13-18-20-12-17(22-18)14-7-3-2-4-8-14/h2-10,12,19H,11,13H2,1H3. The molecule has 0 aliphatic rings.